The molecule has 3 rings (SSSR count). The Morgan fingerprint density at radius 1 is 1.29 bits per heavy atom. The molecule has 0 aromatic heterocycles. The molecule has 14 heavy (non-hydrogen) atoms. The van der Waals surface area contributed by atoms with Gasteiger partial charge in [0.05, 0.1) is 12.2 Å². The van der Waals surface area contributed by atoms with E-state index in [0.717, 1.165) is 18.1 Å². The third-order valence-corrected chi connectivity index (χ3v) is 3.90. The molecule has 1 aliphatic carbocycles. The number of halogens is 1. The van der Waals surface area contributed by atoms with E-state index in [2.05, 4.69) is 16.3 Å². The predicted molar refractivity (Wildman–Crippen MR) is 57.9 cm³/mol. The van der Waals surface area contributed by atoms with Crippen molar-refractivity contribution >= 4 is 11.6 Å². The van der Waals surface area contributed by atoms with Gasteiger partial charge in [0.1, 0.15) is 0 Å². The van der Waals surface area contributed by atoms with Crippen molar-refractivity contribution in [1.82, 2.24) is 10.2 Å². The Kier molecular flexibility index (Phi) is 1.89. The van der Waals surface area contributed by atoms with Crippen LogP contribution in [0, 0.1) is 0 Å². The molecule has 0 aromatic carbocycles. The maximum Gasteiger partial charge on any atom is 0.0912 e. The molecule has 3 heteroatoms. The van der Waals surface area contributed by atoms with Crippen LogP contribution in [0.15, 0.2) is 22.9 Å². The topological polar surface area (TPSA) is 15.3 Å². The van der Waals surface area contributed by atoms with E-state index in [-0.39, 0.29) is 5.66 Å². The zero-order chi connectivity index (χ0) is 9.60. The highest BCUT2D eigenvalue weighted by molar-refractivity contribution is 6.30. The van der Waals surface area contributed by atoms with Crippen molar-refractivity contribution in [2.24, 2.45) is 0 Å². The van der Waals surface area contributed by atoms with Crippen molar-refractivity contribution < 1.29 is 0 Å². The Labute approximate surface area is 89.6 Å². The SMILES string of the molecule is ClC1=CC=C2CNC3(CCCC3)N2C1. The third-order valence-electron chi connectivity index (χ3n) is 3.66. The Bertz CT molecular complexity index is 313. The van der Waals surface area contributed by atoms with Gasteiger partial charge in [0.25, 0.3) is 0 Å². The van der Waals surface area contributed by atoms with E-state index >= 15 is 0 Å². The van der Waals surface area contributed by atoms with Gasteiger partial charge in [0, 0.05) is 17.3 Å². The predicted octanol–water partition coefficient (Wildman–Crippen LogP) is 2.18. The standard InChI is InChI=1S/C11H15ClN2/c12-9-3-4-10-7-13-11(14(10)8-9)5-1-2-6-11/h3-4,13H,1-2,5-8H2. The van der Waals surface area contributed by atoms with Gasteiger partial charge in [-0.3, -0.25) is 5.32 Å². The average Bonchev–Trinajstić information content (AvgIpc) is 2.77. The second-order valence-electron chi connectivity index (χ2n) is 4.45. The van der Waals surface area contributed by atoms with Gasteiger partial charge < -0.3 is 4.90 Å². The van der Waals surface area contributed by atoms with Crippen LogP contribution < -0.4 is 5.32 Å². The summed E-state index contributed by atoms with van der Waals surface area (Å²) in [6.07, 6.45) is 9.42. The number of rotatable bonds is 0. The van der Waals surface area contributed by atoms with Crippen molar-refractivity contribution in [2.75, 3.05) is 13.1 Å². The van der Waals surface area contributed by atoms with Crippen LogP contribution >= 0.6 is 11.6 Å². The van der Waals surface area contributed by atoms with Gasteiger partial charge in [-0.15, -0.1) is 0 Å². The van der Waals surface area contributed by atoms with Crippen molar-refractivity contribution in [2.45, 2.75) is 31.3 Å². The minimum Gasteiger partial charge on any atom is -0.350 e. The van der Waals surface area contributed by atoms with E-state index in [9.17, 15) is 0 Å². The maximum atomic E-state index is 6.09. The summed E-state index contributed by atoms with van der Waals surface area (Å²) in [4.78, 5) is 2.47. The maximum absolute atomic E-state index is 6.09. The van der Waals surface area contributed by atoms with Gasteiger partial charge in [-0.25, -0.2) is 0 Å². The zero-order valence-corrected chi connectivity index (χ0v) is 8.98. The van der Waals surface area contributed by atoms with Crippen LogP contribution in [0.2, 0.25) is 0 Å². The van der Waals surface area contributed by atoms with Crippen LogP contribution in [0.25, 0.3) is 0 Å². The first kappa shape index (κ1) is 8.81. The lowest BCUT2D eigenvalue weighted by Gasteiger charge is -2.38. The minimum absolute atomic E-state index is 0.250. The van der Waals surface area contributed by atoms with Gasteiger partial charge in [0.15, 0.2) is 0 Å². The lowest BCUT2D eigenvalue weighted by atomic mass is 10.1. The molecule has 0 atom stereocenters. The van der Waals surface area contributed by atoms with E-state index in [4.69, 9.17) is 11.6 Å². The van der Waals surface area contributed by atoms with Gasteiger partial charge >= 0.3 is 0 Å². The molecule has 1 N–H and O–H groups in total. The number of nitrogens with one attached hydrogen (secondary N) is 1. The summed E-state index contributed by atoms with van der Waals surface area (Å²) in [5.41, 5.74) is 1.66. The normalized spacial score (nSPS) is 29.1. The van der Waals surface area contributed by atoms with Crippen LogP contribution in [0.3, 0.4) is 0 Å². The first-order valence-electron chi connectivity index (χ1n) is 5.38. The Balaban J connectivity index is 1.92. The third kappa shape index (κ3) is 1.14. The van der Waals surface area contributed by atoms with Crippen LogP contribution in [-0.4, -0.2) is 23.7 Å². The summed E-state index contributed by atoms with van der Waals surface area (Å²) < 4.78 is 0. The van der Waals surface area contributed by atoms with Crippen LogP contribution in [0.5, 0.6) is 0 Å². The molecule has 1 saturated heterocycles. The second kappa shape index (κ2) is 3.01. The molecule has 2 nitrogen and oxygen atoms in total. The van der Waals surface area contributed by atoms with Crippen molar-refractivity contribution in [3.63, 3.8) is 0 Å². The highest BCUT2D eigenvalue weighted by Gasteiger charge is 2.45. The van der Waals surface area contributed by atoms with E-state index in [1.54, 1.807) is 0 Å². The number of nitrogens with zero attached hydrogens (tertiary/aromatic N) is 1. The molecule has 0 aromatic rings. The highest BCUT2D eigenvalue weighted by atomic mass is 35.5. The van der Waals surface area contributed by atoms with Crippen LogP contribution in [0.4, 0.5) is 0 Å². The van der Waals surface area contributed by atoms with Gasteiger partial charge in [-0.1, -0.05) is 11.6 Å². The summed E-state index contributed by atoms with van der Waals surface area (Å²) in [5.74, 6) is 0. The molecule has 2 aliphatic heterocycles. The Hall–Kier alpha value is -0.470. The molecule has 0 bridgehead atoms. The molecule has 1 spiro atoms. The smallest absolute Gasteiger partial charge is 0.0912 e. The molecular weight excluding hydrogens is 196 g/mol. The fourth-order valence-electron chi connectivity index (χ4n) is 2.92. The minimum atomic E-state index is 0.250. The molecule has 1 saturated carbocycles. The highest BCUT2D eigenvalue weighted by Crippen LogP contribution is 2.40. The van der Waals surface area contributed by atoms with Gasteiger partial charge in [-0.05, 0) is 37.8 Å². The first-order chi connectivity index (χ1) is 6.80. The summed E-state index contributed by atoms with van der Waals surface area (Å²) in [6, 6.07) is 0. The molecule has 2 fully saturated rings. The Morgan fingerprint density at radius 3 is 2.86 bits per heavy atom. The Morgan fingerprint density at radius 2 is 2.07 bits per heavy atom. The number of fused-ring (bicyclic) bond motifs is 2. The number of hydrogen-bond donors (Lipinski definition) is 1. The first-order valence-corrected chi connectivity index (χ1v) is 5.76. The van der Waals surface area contributed by atoms with Crippen LogP contribution in [0.1, 0.15) is 25.7 Å². The molecular formula is C11H15ClN2. The van der Waals surface area contributed by atoms with Crippen molar-refractivity contribution in [1.29, 1.82) is 0 Å². The summed E-state index contributed by atoms with van der Waals surface area (Å²) in [5, 5.41) is 4.62. The van der Waals surface area contributed by atoms with Crippen LogP contribution in [-0.2, 0) is 0 Å². The van der Waals surface area contributed by atoms with E-state index in [0.29, 0.717) is 0 Å². The van der Waals surface area contributed by atoms with E-state index in [1.807, 2.05) is 6.08 Å². The van der Waals surface area contributed by atoms with E-state index < -0.39 is 0 Å². The summed E-state index contributed by atoms with van der Waals surface area (Å²) in [6.45, 7) is 1.92. The lowest BCUT2D eigenvalue weighted by Crippen LogP contribution is -2.49. The lowest BCUT2D eigenvalue weighted by molar-refractivity contribution is 0.159. The van der Waals surface area contributed by atoms with E-state index in [1.165, 1.54) is 31.4 Å². The second-order valence-corrected chi connectivity index (χ2v) is 4.94. The van der Waals surface area contributed by atoms with Gasteiger partial charge in [0.2, 0.25) is 0 Å². The fraction of sp³-hybridized carbons (Fsp3) is 0.636. The molecule has 76 valence electrons. The molecule has 3 aliphatic rings. The fourth-order valence-corrected chi connectivity index (χ4v) is 3.10. The zero-order valence-electron chi connectivity index (χ0n) is 8.22. The molecule has 0 amide bonds. The molecule has 0 unspecified atom stereocenters. The summed E-state index contributed by atoms with van der Waals surface area (Å²) in [7, 11) is 0. The quantitative estimate of drug-likeness (QED) is 0.660. The monoisotopic (exact) mass is 210 g/mol. The van der Waals surface area contributed by atoms with Crippen molar-refractivity contribution in [3.05, 3.63) is 22.9 Å². The number of hydrogen-bond acceptors (Lipinski definition) is 2. The summed E-state index contributed by atoms with van der Waals surface area (Å²) >= 11 is 6.09. The number of allylic oxidation sites excluding steroid dienone is 2. The molecule has 2 heterocycles. The molecule has 0 radical (unpaired) electrons. The van der Waals surface area contributed by atoms with Gasteiger partial charge in [-0.2, -0.15) is 0 Å². The largest absolute Gasteiger partial charge is 0.350 e. The van der Waals surface area contributed by atoms with Crippen molar-refractivity contribution in [3.8, 4) is 0 Å². The average molecular weight is 211 g/mol.